The van der Waals surface area contributed by atoms with E-state index in [9.17, 15) is 4.21 Å². The summed E-state index contributed by atoms with van der Waals surface area (Å²) in [5.41, 5.74) is 1.12. The molecule has 1 aliphatic heterocycles. The van der Waals surface area contributed by atoms with Crippen LogP contribution >= 0.6 is 27.5 Å². The molecular weight excluding hydrogens is 334 g/mol. The first-order valence-corrected chi connectivity index (χ1v) is 8.78. The first-order chi connectivity index (χ1) is 8.56. The van der Waals surface area contributed by atoms with E-state index < -0.39 is 10.8 Å². The maximum Gasteiger partial charge on any atom is 0.0464 e. The summed E-state index contributed by atoms with van der Waals surface area (Å²) in [5, 5.41) is 4.36. The number of benzene rings is 1. The Kier molecular flexibility index (Phi) is 5.24. The Hall–Kier alpha value is 0.1000. The monoisotopic (exact) mass is 349 g/mol. The largest absolute Gasteiger partial charge is 0.307 e. The van der Waals surface area contributed by atoms with Gasteiger partial charge in [0, 0.05) is 43.9 Å². The first kappa shape index (κ1) is 14.5. The van der Waals surface area contributed by atoms with Crippen molar-refractivity contribution >= 4 is 38.3 Å². The molecule has 1 heterocycles. The lowest BCUT2D eigenvalue weighted by Gasteiger charge is -2.27. The first-order valence-electron chi connectivity index (χ1n) is 6.12. The lowest BCUT2D eigenvalue weighted by Crippen LogP contribution is -2.37. The quantitative estimate of drug-likeness (QED) is 0.901. The topological polar surface area (TPSA) is 29.1 Å². The van der Waals surface area contributed by atoms with E-state index in [-0.39, 0.29) is 6.04 Å². The highest BCUT2D eigenvalue weighted by Crippen LogP contribution is 2.27. The molecule has 18 heavy (non-hydrogen) atoms. The van der Waals surface area contributed by atoms with Crippen molar-refractivity contribution in [3.8, 4) is 0 Å². The van der Waals surface area contributed by atoms with E-state index in [4.69, 9.17) is 11.6 Å². The molecule has 2 rings (SSSR count). The van der Waals surface area contributed by atoms with Crippen LogP contribution in [-0.4, -0.2) is 21.8 Å². The molecule has 1 N–H and O–H groups in total. The fraction of sp³-hybridized carbons (Fsp3) is 0.538. The Bertz CT molecular complexity index is 445. The molecule has 1 aromatic rings. The Balaban J connectivity index is 1.98. The van der Waals surface area contributed by atoms with E-state index in [0.29, 0.717) is 6.04 Å². The van der Waals surface area contributed by atoms with Gasteiger partial charge in [-0.2, -0.15) is 0 Å². The summed E-state index contributed by atoms with van der Waals surface area (Å²) in [7, 11) is -0.600. The molecule has 0 saturated carbocycles. The second-order valence-electron chi connectivity index (χ2n) is 4.68. The van der Waals surface area contributed by atoms with Crippen LogP contribution in [-0.2, 0) is 10.8 Å². The third-order valence-electron chi connectivity index (χ3n) is 3.30. The van der Waals surface area contributed by atoms with Gasteiger partial charge in [0.2, 0.25) is 0 Å². The fourth-order valence-corrected chi connectivity index (χ4v) is 4.39. The summed E-state index contributed by atoms with van der Waals surface area (Å²) in [6, 6.07) is 6.66. The summed E-state index contributed by atoms with van der Waals surface area (Å²) >= 11 is 9.66. The van der Waals surface area contributed by atoms with Crippen molar-refractivity contribution in [2.24, 2.45) is 0 Å². The van der Waals surface area contributed by atoms with Crippen LogP contribution < -0.4 is 5.32 Å². The molecule has 0 amide bonds. The van der Waals surface area contributed by atoms with E-state index in [0.717, 1.165) is 39.4 Å². The van der Waals surface area contributed by atoms with Crippen molar-refractivity contribution in [3.05, 3.63) is 33.3 Å². The maximum atomic E-state index is 11.3. The predicted octanol–water partition coefficient (Wildman–Crippen LogP) is 3.66. The van der Waals surface area contributed by atoms with Crippen molar-refractivity contribution in [1.82, 2.24) is 5.32 Å². The van der Waals surface area contributed by atoms with Gasteiger partial charge in [0.25, 0.3) is 0 Å². The number of nitrogens with one attached hydrogen (secondary N) is 1. The average Bonchev–Trinajstić information content (AvgIpc) is 2.32. The molecule has 1 saturated heterocycles. The number of halogens is 2. The van der Waals surface area contributed by atoms with E-state index in [2.05, 4.69) is 28.2 Å². The zero-order valence-electron chi connectivity index (χ0n) is 10.3. The SMILES string of the molecule is CC(NC1CCS(=O)CC1)c1ccc(Br)cc1Cl. The molecule has 2 nitrogen and oxygen atoms in total. The Morgan fingerprint density at radius 3 is 2.72 bits per heavy atom. The van der Waals surface area contributed by atoms with Crippen molar-refractivity contribution in [3.63, 3.8) is 0 Å². The number of hydrogen-bond donors (Lipinski definition) is 1. The minimum absolute atomic E-state index is 0.224. The molecule has 1 aromatic carbocycles. The second-order valence-corrected chi connectivity index (χ2v) is 7.70. The summed E-state index contributed by atoms with van der Waals surface area (Å²) < 4.78 is 12.3. The maximum absolute atomic E-state index is 11.3. The van der Waals surface area contributed by atoms with Crippen LogP contribution in [0.4, 0.5) is 0 Å². The zero-order chi connectivity index (χ0) is 13.1. The van der Waals surface area contributed by atoms with Crippen LogP contribution in [0.3, 0.4) is 0 Å². The molecule has 100 valence electrons. The van der Waals surface area contributed by atoms with Crippen LogP contribution in [0.15, 0.2) is 22.7 Å². The van der Waals surface area contributed by atoms with Crippen molar-refractivity contribution in [2.75, 3.05) is 11.5 Å². The summed E-state index contributed by atoms with van der Waals surface area (Å²) in [4.78, 5) is 0. The van der Waals surface area contributed by atoms with Crippen LogP contribution in [0.1, 0.15) is 31.4 Å². The Morgan fingerprint density at radius 1 is 1.44 bits per heavy atom. The van der Waals surface area contributed by atoms with Crippen LogP contribution in [0, 0.1) is 0 Å². The summed E-state index contributed by atoms with van der Waals surface area (Å²) in [5.74, 6) is 1.64. The van der Waals surface area contributed by atoms with Gasteiger partial charge in [-0.1, -0.05) is 33.6 Å². The van der Waals surface area contributed by atoms with E-state index in [1.54, 1.807) is 0 Å². The van der Waals surface area contributed by atoms with Gasteiger partial charge in [0.15, 0.2) is 0 Å². The van der Waals surface area contributed by atoms with Crippen LogP contribution in [0.25, 0.3) is 0 Å². The Morgan fingerprint density at radius 2 is 2.11 bits per heavy atom. The van der Waals surface area contributed by atoms with Gasteiger partial charge in [-0.3, -0.25) is 4.21 Å². The zero-order valence-corrected chi connectivity index (χ0v) is 13.4. The van der Waals surface area contributed by atoms with E-state index >= 15 is 0 Å². The highest BCUT2D eigenvalue weighted by Gasteiger charge is 2.20. The van der Waals surface area contributed by atoms with Gasteiger partial charge in [0.1, 0.15) is 0 Å². The highest BCUT2D eigenvalue weighted by atomic mass is 79.9. The molecule has 1 aliphatic rings. The van der Waals surface area contributed by atoms with Gasteiger partial charge >= 0.3 is 0 Å². The van der Waals surface area contributed by atoms with Crippen molar-refractivity contribution in [1.29, 1.82) is 0 Å². The molecule has 1 atom stereocenters. The highest BCUT2D eigenvalue weighted by molar-refractivity contribution is 9.10. The van der Waals surface area contributed by atoms with Gasteiger partial charge in [-0.05, 0) is 37.5 Å². The molecule has 1 unspecified atom stereocenters. The third kappa shape index (κ3) is 3.80. The predicted molar refractivity (Wildman–Crippen MR) is 81.6 cm³/mol. The second kappa shape index (κ2) is 6.51. The van der Waals surface area contributed by atoms with E-state index in [1.807, 2.05) is 18.2 Å². The van der Waals surface area contributed by atoms with E-state index in [1.165, 1.54) is 0 Å². The summed E-state index contributed by atoms with van der Waals surface area (Å²) in [6.07, 6.45) is 1.98. The van der Waals surface area contributed by atoms with Crippen molar-refractivity contribution in [2.45, 2.75) is 31.8 Å². The molecule has 0 aliphatic carbocycles. The number of hydrogen-bond acceptors (Lipinski definition) is 2. The fourth-order valence-electron chi connectivity index (χ4n) is 2.26. The standard InChI is InChI=1S/C13H17BrClNOS/c1-9(12-3-2-10(14)8-13(12)15)16-11-4-6-18(17)7-5-11/h2-3,8-9,11,16H,4-7H2,1H3. The summed E-state index contributed by atoms with van der Waals surface area (Å²) in [6.45, 7) is 2.13. The lowest BCUT2D eigenvalue weighted by atomic mass is 10.1. The molecule has 0 spiro atoms. The van der Waals surface area contributed by atoms with Gasteiger partial charge < -0.3 is 5.32 Å². The van der Waals surface area contributed by atoms with Gasteiger partial charge in [0.05, 0.1) is 0 Å². The van der Waals surface area contributed by atoms with Gasteiger partial charge in [-0.15, -0.1) is 0 Å². The third-order valence-corrected chi connectivity index (χ3v) is 5.51. The Labute approximate surface area is 124 Å². The molecule has 0 aromatic heterocycles. The molecule has 1 fully saturated rings. The molecule has 0 bridgehead atoms. The van der Waals surface area contributed by atoms with Crippen LogP contribution in [0.5, 0.6) is 0 Å². The normalized spacial score (nSPS) is 25.9. The van der Waals surface area contributed by atoms with Gasteiger partial charge in [-0.25, -0.2) is 0 Å². The smallest absolute Gasteiger partial charge is 0.0464 e. The molecular formula is C13H17BrClNOS. The minimum atomic E-state index is -0.600. The minimum Gasteiger partial charge on any atom is -0.307 e. The van der Waals surface area contributed by atoms with Crippen LogP contribution in [0.2, 0.25) is 5.02 Å². The number of rotatable bonds is 3. The lowest BCUT2D eigenvalue weighted by molar-refractivity contribution is 0.427. The molecule has 5 heteroatoms. The average molecular weight is 351 g/mol. The van der Waals surface area contributed by atoms with Crippen molar-refractivity contribution < 1.29 is 4.21 Å². The molecule has 0 radical (unpaired) electrons.